The highest BCUT2D eigenvalue weighted by molar-refractivity contribution is 5.85. The van der Waals surface area contributed by atoms with E-state index < -0.39 is 5.97 Å². The fourth-order valence-corrected chi connectivity index (χ4v) is 1.90. The van der Waals surface area contributed by atoms with Crippen molar-refractivity contribution in [1.82, 2.24) is 19.5 Å². The van der Waals surface area contributed by atoms with Crippen molar-refractivity contribution in [2.24, 2.45) is 0 Å². The highest BCUT2D eigenvalue weighted by Gasteiger charge is 2.11. The van der Waals surface area contributed by atoms with Gasteiger partial charge in [0.25, 0.3) is 0 Å². The third-order valence-corrected chi connectivity index (χ3v) is 2.93. The molecule has 2 rings (SSSR count). The number of rotatable bonds is 7. The van der Waals surface area contributed by atoms with Gasteiger partial charge in [0.05, 0.1) is 13.4 Å². The number of imidazole rings is 1. The molecule has 0 amide bonds. The van der Waals surface area contributed by atoms with Gasteiger partial charge in [-0.15, -0.1) is 0 Å². The molecule has 7 heteroatoms. The largest absolute Gasteiger partial charge is 0.463 e. The van der Waals surface area contributed by atoms with Crippen molar-refractivity contribution in [3.63, 3.8) is 0 Å². The van der Waals surface area contributed by atoms with Gasteiger partial charge in [0.1, 0.15) is 5.82 Å². The maximum Gasteiger partial charge on any atom is 0.376 e. The minimum Gasteiger partial charge on any atom is -0.463 e. The summed E-state index contributed by atoms with van der Waals surface area (Å²) in [6.45, 7) is 3.54. The molecule has 0 aliphatic carbocycles. The Hall–Kier alpha value is -2.44. The van der Waals surface area contributed by atoms with E-state index in [1.165, 1.54) is 7.11 Å². The van der Waals surface area contributed by atoms with Crippen molar-refractivity contribution in [3.05, 3.63) is 36.3 Å². The van der Waals surface area contributed by atoms with Gasteiger partial charge in [-0.05, 0) is 19.8 Å². The summed E-state index contributed by atoms with van der Waals surface area (Å²) in [4.78, 5) is 23.6. The maximum absolute atomic E-state index is 11.4. The van der Waals surface area contributed by atoms with Crippen LogP contribution >= 0.6 is 0 Å². The van der Waals surface area contributed by atoms with Crippen LogP contribution in [0.3, 0.4) is 0 Å². The molecule has 0 aliphatic rings. The topological polar surface area (TPSA) is 81.9 Å². The summed E-state index contributed by atoms with van der Waals surface area (Å²) in [7, 11) is 1.32. The Bertz CT molecular complexity index is 583. The van der Waals surface area contributed by atoms with Crippen molar-refractivity contribution in [3.8, 4) is 0 Å². The van der Waals surface area contributed by atoms with Crippen LogP contribution in [0.2, 0.25) is 0 Å². The van der Waals surface area contributed by atoms with Gasteiger partial charge in [-0.2, -0.15) is 0 Å². The number of nitrogens with one attached hydrogen (secondary N) is 1. The first-order valence-corrected chi connectivity index (χ1v) is 6.82. The number of aryl methyl sites for hydroxylation is 2. The summed E-state index contributed by atoms with van der Waals surface area (Å²) in [6.07, 6.45) is 7.57. The molecule has 1 N–H and O–H groups in total. The fourth-order valence-electron chi connectivity index (χ4n) is 1.90. The van der Waals surface area contributed by atoms with Crippen molar-refractivity contribution < 1.29 is 9.53 Å². The highest BCUT2D eigenvalue weighted by atomic mass is 16.5. The second kappa shape index (κ2) is 7.37. The van der Waals surface area contributed by atoms with E-state index >= 15 is 0 Å². The van der Waals surface area contributed by atoms with Crippen LogP contribution in [0.1, 0.15) is 29.2 Å². The Balaban J connectivity index is 1.80. The molecule has 0 aromatic carbocycles. The lowest BCUT2D eigenvalue weighted by atomic mass is 10.3. The third-order valence-electron chi connectivity index (χ3n) is 2.93. The van der Waals surface area contributed by atoms with Gasteiger partial charge in [-0.1, -0.05) is 0 Å². The first-order valence-electron chi connectivity index (χ1n) is 6.82. The van der Waals surface area contributed by atoms with Crippen molar-refractivity contribution >= 4 is 11.8 Å². The average molecular weight is 289 g/mol. The number of carbonyl (C=O) groups excluding carboxylic acids is 1. The van der Waals surface area contributed by atoms with Crippen LogP contribution in [0, 0.1) is 6.92 Å². The third kappa shape index (κ3) is 4.55. The van der Waals surface area contributed by atoms with Crippen LogP contribution in [0.5, 0.6) is 0 Å². The molecule has 0 atom stereocenters. The molecule has 2 aromatic heterocycles. The van der Waals surface area contributed by atoms with Crippen molar-refractivity contribution in [2.45, 2.75) is 26.3 Å². The van der Waals surface area contributed by atoms with Crippen LogP contribution in [0.15, 0.2) is 24.8 Å². The number of hydrogen-bond acceptors (Lipinski definition) is 6. The summed E-state index contributed by atoms with van der Waals surface area (Å²) < 4.78 is 6.68. The lowest BCUT2D eigenvalue weighted by molar-refractivity contribution is 0.0586. The molecule has 0 aliphatic heterocycles. The van der Waals surface area contributed by atoms with Crippen LogP contribution in [-0.2, 0) is 11.3 Å². The lowest BCUT2D eigenvalue weighted by Gasteiger charge is -2.08. The predicted molar refractivity (Wildman–Crippen MR) is 78.1 cm³/mol. The highest BCUT2D eigenvalue weighted by Crippen LogP contribution is 2.07. The molecule has 0 unspecified atom stereocenters. The molecule has 112 valence electrons. The second-order valence-electron chi connectivity index (χ2n) is 4.64. The molecular formula is C14H19N5O2. The standard InChI is InChI=1S/C14H19N5O2/c1-11-9-12(18-13(17-11)14(20)21-2)16-5-3-4-7-19-8-6-15-10-19/h6,8-10H,3-5,7H2,1-2H3,(H,16,17,18). The van der Waals surface area contributed by atoms with E-state index in [0.29, 0.717) is 5.82 Å². The summed E-state index contributed by atoms with van der Waals surface area (Å²) in [5.41, 5.74) is 0.728. The Morgan fingerprint density at radius 3 is 2.95 bits per heavy atom. The number of esters is 1. The van der Waals surface area contributed by atoms with Crippen LogP contribution < -0.4 is 5.32 Å². The number of methoxy groups -OCH3 is 1. The zero-order valence-electron chi connectivity index (χ0n) is 12.2. The van der Waals surface area contributed by atoms with E-state index in [-0.39, 0.29) is 5.82 Å². The Kier molecular flexibility index (Phi) is 5.25. The number of ether oxygens (including phenoxy) is 1. The van der Waals surface area contributed by atoms with E-state index in [0.717, 1.165) is 31.6 Å². The molecule has 0 bridgehead atoms. The second-order valence-corrected chi connectivity index (χ2v) is 4.64. The van der Waals surface area contributed by atoms with Gasteiger partial charge in [-0.3, -0.25) is 0 Å². The van der Waals surface area contributed by atoms with E-state index in [2.05, 4.69) is 25.0 Å². The summed E-state index contributed by atoms with van der Waals surface area (Å²) in [5.74, 6) is 0.200. The molecule has 2 heterocycles. The smallest absolute Gasteiger partial charge is 0.376 e. The monoisotopic (exact) mass is 289 g/mol. The molecule has 0 spiro atoms. The molecule has 0 radical (unpaired) electrons. The number of aromatic nitrogens is 4. The van der Waals surface area contributed by atoms with E-state index in [4.69, 9.17) is 0 Å². The summed E-state index contributed by atoms with van der Waals surface area (Å²) in [5, 5.41) is 3.20. The summed E-state index contributed by atoms with van der Waals surface area (Å²) in [6, 6.07) is 1.81. The van der Waals surface area contributed by atoms with Gasteiger partial charge in [0.15, 0.2) is 0 Å². The minimum absolute atomic E-state index is 0.0819. The molecule has 0 fully saturated rings. The Labute approximate surface area is 123 Å². The van der Waals surface area contributed by atoms with Crippen LogP contribution in [0.4, 0.5) is 5.82 Å². The molecule has 0 saturated heterocycles. The van der Waals surface area contributed by atoms with Crippen molar-refractivity contribution in [1.29, 1.82) is 0 Å². The lowest BCUT2D eigenvalue weighted by Crippen LogP contribution is -2.12. The van der Waals surface area contributed by atoms with Crippen LogP contribution in [-0.4, -0.2) is 39.1 Å². The van der Waals surface area contributed by atoms with Gasteiger partial charge >= 0.3 is 5.97 Å². The first-order chi connectivity index (χ1) is 10.2. The van der Waals surface area contributed by atoms with E-state index in [9.17, 15) is 4.79 Å². The molecule has 2 aromatic rings. The number of anilines is 1. The van der Waals surface area contributed by atoms with E-state index in [1.54, 1.807) is 6.20 Å². The molecular weight excluding hydrogens is 270 g/mol. The Morgan fingerprint density at radius 2 is 2.24 bits per heavy atom. The number of unbranched alkanes of at least 4 members (excludes halogenated alkanes) is 1. The summed E-state index contributed by atoms with van der Waals surface area (Å²) >= 11 is 0. The SMILES string of the molecule is COC(=O)c1nc(C)cc(NCCCCn2ccnc2)n1. The van der Waals surface area contributed by atoms with Crippen molar-refractivity contribution in [2.75, 3.05) is 19.0 Å². The average Bonchev–Trinajstić information content (AvgIpc) is 2.98. The zero-order valence-corrected chi connectivity index (χ0v) is 12.2. The first kappa shape index (κ1) is 15.0. The number of nitrogens with zero attached hydrogens (tertiary/aromatic N) is 4. The Morgan fingerprint density at radius 1 is 1.38 bits per heavy atom. The maximum atomic E-state index is 11.4. The van der Waals surface area contributed by atoms with Gasteiger partial charge in [0.2, 0.25) is 5.82 Å². The minimum atomic E-state index is -0.526. The quantitative estimate of drug-likeness (QED) is 0.616. The van der Waals surface area contributed by atoms with Gasteiger partial charge in [-0.25, -0.2) is 19.7 Å². The van der Waals surface area contributed by atoms with E-state index in [1.807, 2.05) is 30.1 Å². The number of hydrogen-bond donors (Lipinski definition) is 1. The molecule has 0 saturated carbocycles. The fraction of sp³-hybridized carbons (Fsp3) is 0.429. The number of carbonyl (C=O) groups is 1. The van der Waals surface area contributed by atoms with Crippen LogP contribution in [0.25, 0.3) is 0 Å². The van der Waals surface area contributed by atoms with Gasteiger partial charge in [0, 0.05) is 37.2 Å². The normalized spacial score (nSPS) is 10.4. The predicted octanol–water partition coefficient (Wildman–Crippen LogP) is 1.66. The van der Waals surface area contributed by atoms with Gasteiger partial charge < -0.3 is 14.6 Å². The zero-order chi connectivity index (χ0) is 15.1. The molecule has 7 nitrogen and oxygen atoms in total. The molecule has 21 heavy (non-hydrogen) atoms.